The zero-order chi connectivity index (χ0) is 25.8. The third-order valence-corrected chi connectivity index (χ3v) is 8.20. The second-order valence-electron chi connectivity index (χ2n) is 9.48. The number of nitrogens with zero attached hydrogens (tertiary/aromatic N) is 2. The number of amides is 1. The fourth-order valence-corrected chi connectivity index (χ4v) is 5.70. The molecule has 2 atom stereocenters. The number of carbonyl (C=O) groups excluding carboxylic acids is 1. The molecular formula is C27H32N6O3S. The van der Waals surface area contributed by atoms with Gasteiger partial charge >= 0.3 is 0 Å². The quantitative estimate of drug-likeness (QED) is 0.379. The number of sulfonamides is 1. The Bertz CT molecular complexity index is 1330. The summed E-state index contributed by atoms with van der Waals surface area (Å²) in [5.74, 6) is -0.144. The number of anilines is 2. The van der Waals surface area contributed by atoms with Crippen LogP contribution in [0.2, 0.25) is 0 Å². The van der Waals surface area contributed by atoms with E-state index in [0.717, 1.165) is 37.4 Å². The van der Waals surface area contributed by atoms with Crippen molar-refractivity contribution in [2.24, 2.45) is 0 Å². The van der Waals surface area contributed by atoms with E-state index in [4.69, 9.17) is 0 Å². The standard InChI is InChI=1S/C27H32N6O3S/c1-32-14-16-33(17-15-32)23-12-10-20(11-13-23)27(34)28-26-19-25(29-30-26)21-6-5-7-22(18-21)31-37(35,36)24-8-3-2-4-9-24/h2-13,18,25-26,29-31H,14-17,19H2,1H3,(H,28,34). The van der Waals surface area contributed by atoms with Gasteiger partial charge in [-0.2, -0.15) is 0 Å². The van der Waals surface area contributed by atoms with Gasteiger partial charge in [0.2, 0.25) is 0 Å². The topological polar surface area (TPSA) is 106 Å². The first-order valence-electron chi connectivity index (χ1n) is 12.4. The summed E-state index contributed by atoms with van der Waals surface area (Å²) in [7, 11) is -1.54. The van der Waals surface area contributed by atoms with Crippen LogP contribution in [0.4, 0.5) is 11.4 Å². The van der Waals surface area contributed by atoms with E-state index in [2.05, 4.69) is 37.7 Å². The van der Waals surface area contributed by atoms with Crippen molar-refractivity contribution in [2.45, 2.75) is 23.5 Å². The monoisotopic (exact) mass is 520 g/mol. The number of nitrogens with one attached hydrogen (secondary N) is 4. The number of carbonyl (C=O) groups is 1. The van der Waals surface area contributed by atoms with Crippen molar-refractivity contribution in [2.75, 3.05) is 42.8 Å². The molecule has 2 aliphatic rings. The van der Waals surface area contributed by atoms with Crippen molar-refractivity contribution in [1.82, 2.24) is 21.1 Å². The van der Waals surface area contributed by atoms with Crippen molar-refractivity contribution in [3.05, 3.63) is 90.0 Å². The van der Waals surface area contributed by atoms with Gasteiger partial charge in [0.15, 0.2) is 0 Å². The molecule has 0 aromatic heterocycles. The molecule has 0 saturated carbocycles. The molecule has 5 rings (SSSR count). The second-order valence-corrected chi connectivity index (χ2v) is 11.2. The van der Waals surface area contributed by atoms with Crippen molar-refractivity contribution in [3.63, 3.8) is 0 Å². The Hall–Kier alpha value is -3.44. The Morgan fingerprint density at radius 2 is 1.62 bits per heavy atom. The summed E-state index contributed by atoms with van der Waals surface area (Å²) in [6.45, 7) is 4.03. The highest BCUT2D eigenvalue weighted by Crippen LogP contribution is 2.25. The molecule has 194 valence electrons. The van der Waals surface area contributed by atoms with Gasteiger partial charge in [-0.05, 0) is 61.1 Å². The molecule has 2 heterocycles. The minimum absolute atomic E-state index is 0.0916. The minimum atomic E-state index is -3.67. The number of piperazine rings is 1. The lowest BCUT2D eigenvalue weighted by Crippen LogP contribution is -2.44. The fourth-order valence-electron chi connectivity index (χ4n) is 4.63. The largest absolute Gasteiger partial charge is 0.369 e. The summed E-state index contributed by atoms with van der Waals surface area (Å²) in [5, 5.41) is 3.03. The first kappa shape index (κ1) is 25.2. The summed E-state index contributed by atoms with van der Waals surface area (Å²) >= 11 is 0. The van der Waals surface area contributed by atoms with Gasteiger partial charge in [0.1, 0.15) is 0 Å². The smallest absolute Gasteiger partial charge is 0.261 e. The molecule has 9 nitrogen and oxygen atoms in total. The molecule has 2 unspecified atom stereocenters. The number of hydrazine groups is 1. The predicted molar refractivity (Wildman–Crippen MR) is 145 cm³/mol. The van der Waals surface area contributed by atoms with Gasteiger partial charge in [0, 0.05) is 55.6 Å². The molecule has 37 heavy (non-hydrogen) atoms. The summed E-state index contributed by atoms with van der Waals surface area (Å²) < 4.78 is 28.0. The van der Waals surface area contributed by atoms with Gasteiger partial charge in [-0.15, -0.1) is 0 Å². The van der Waals surface area contributed by atoms with E-state index in [9.17, 15) is 13.2 Å². The van der Waals surface area contributed by atoms with E-state index in [1.807, 2.05) is 36.4 Å². The molecule has 0 aliphatic carbocycles. The first-order valence-corrected chi connectivity index (χ1v) is 13.9. The van der Waals surface area contributed by atoms with E-state index in [1.54, 1.807) is 42.5 Å². The molecule has 2 fully saturated rings. The van der Waals surface area contributed by atoms with Gasteiger partial charge in [-0.3, -0.25) is 9.52 Å². The maximum atomic E-state index is 12.8. The zero-order valence-corrected chi connectivity index (χ0v) is 21.5. The van der Waals surface area contributed by atoms with Crippen molar-refractivity contribution in [1.29, 1.82) is 0 Å². The Morgan fingerprint density at radius 1 is 0.892 bits per heavy atom. The highest BCUT2D eigenvalue weighted by Gasteiger charge is 2.27. The molecule has 0 bridgehead atoms. The van der Waals surface area contributed by atoms with Crippen LogP contribution in [0, 0.1) is 0 Å². The number of benzene rings is 3. The Kier molecular flexibility index (Phi) is 7.43. The van der Waals surface area contributed by atoms with Crippen molar-refractivity contribution in [3.8, 4) is 0 Å². The molecule has 10 heteroatoms. The molecular weight excluding hydrogens is 488 g/mol. The number of rotatable bonds is 7. The van der Waals surface area contributed by atoms with Crippen LogP contribution >= 0.6 is 0 Å². The summed E-state index contributed by atoms with van der Waals surface area (Å²) in [6, 6.07) is 23.2. The average Bonchev–Trinajstić information content (AvgIpc) is 3.38. The van der Waals surface area contributed by atoms with Gasteiger partial charge in [-0.25, -0.2) is 19.3 Å². The van der Waals surface area contributed by atoms with Crippen LogP contribution in [-0.4, -0.2) is 58.6 Å². The van der Waals surface area contributed by atoms with E-state index < -0.39 is 10.0 Å². The minimum Gasteiger partial charge on any atom is -0.369 e. The maximum Gasteiger partial charge on any atom is 0.261 e. The Labute approximate surface area is 217 Å². The van der Waals surface area contributed by atoms with Crippen LogP contribution in [0.1, 0.15) is 28.4 Å². The van der Waals surface area contributed by atoms with Crippen LogP contribution in [-0.2, 0) is 10.0 Å². The highest BCUT2D eigenvalue weighted by atomic mass is 32.2. The number of hydrogen-bond donors (Lipinski definition) is 4. The molecule has 4 N–H and O–H groups in total. The van der Waals surface area contributed by atoms with Gasteiger partial charge < -0.3 is 15.1 Å². The lowest BCUT2D eigenvalue weighted by atomic mass is 10.0. The normalized spacial score (nSPS) is 20.5. The van der Waals surface area contributed by atoms with E-state index in [0.29, 0.717) is 17.7 Å². The SMILES string of the molecule is CN1CCN(c2ccc(C(=O)NC3CC(c4cccc(NS(=O)(=O)c5ccccc5)c4)NN3)cc2)CC1. The van der Waals surface area contributed by atoms with Crippen molar-refractivity contribution >= 4 is 27.3 Å². The van der Waals surface area contributed by atoms with Gasteiger partial charge in [0.05, 0.1) is 11.1 Å². The average molecular weight is 521 g/mol. The Balaban J connectivity index is 1.17. The lowest BCUT2D eigenvalue weighted by molar-refractivity contribution is 0.0932. The van der Waals surface area contributed by atoms with E-state index in [1.165, 1.54) is 0 Å². The summed E-state index contributed by atoms with van der Waals surface area (Å²) in [4.78, 5) is 17.7. The van der Waals surface area contributed by atoms with Crippen molar-refractivity contribution < 1.29 is 13.2 Å². The number of likely N-dealkylation sites (N-methyl/N-ethyl adjacent to an activating group) is 1. The maximum absolute atomic E-state index is 12.8. The van der Waals surface area contributed by atoms with Gasteiger partial charge in [0.25, 0.3) is 15.9 Å². The van der Waals surface area contributed by atoms with Crippen LogP contribution < -0.4 is 25.8 Å². The lowest BCUT2D eigenvalue weighted by Gasteiger charge is -2.34. The molecule has 1 amide bonds. The van der Waals surface area contributed by atoms with Crippen LogP contribution in [0.5, 0.6) is 0 Å². The highest BCUT2D eigenvalue weighted by molar-refractivity contribution is 7.92. The van der Waals surface area contributed by atoms with E-state index in [-0.39, 0.29) is 23.0 Å². The molecule has 0 spiro atoms. The van der Waals surface area contributed by atoms with Crippen LogP contribution in [0.3, 0.4) is 0 Å². The third kappa shape index (κ3) is 6.11. The molecule has 2 aliphatic heterocycles. The van der Waals surface area contributed by atoms with Crippen LogP contribution in [0.25, 0.3) is 0 Å². The Morgan fingerprint density at radius 3 is 2.35 bits per heavy atom. The predicted octanol–water partition coefficient (Wildman–Crippen LogP) is 2.53. The van der Waals surface area contributed by atoms with E-state index >= 15 is 0 Å². The number of hydrogen-bond acceptors (Lipinski definition) is 7. The first-order chi connectivity index (χ1) is 17.9. The van der Waals surface area contributed by atoms with Gasteiger partial charge in [-0.1, -0.05) is 30.3 Å². The zero-order valence-electron chi connectivity index (χ0n) is 20.7. The third-order valence-electron chi connectivity index (χ3n) is 6.80. The molecule has 0 radical (unpaired) electrons. The molecule has 2 saturated heterocycles. The molecule has 3 aromatic carbocycles. The summed E-state index contributed by atoms with van der Waals surface area (Å²) in [6.07, 6.45) is 0.347. The summed E-state index contributed by atoms with van der Waals surface area (Å²) in [5.41, 5.74) is 9.48. The van der Waals surface area contributed by atoms with Crippen LogP contribution in [0.15, 0.2) is 83.8 Å². The molecule has 3 aromatic rings. The fraction of sp³-hybridized carbons (Fsp3) is 0.296. The second kappa shape index (κ2) is 10.9.